The summed E-state index contributed by atoms with van der Waals surface area (Å²) in [7, 11) is 0. The van der Waals surface area contributed by atoms with Crippen LogP contribution in [0.4, 0.5) is 18.9 Å². The summed E-state index contributed by atoms with van der Waals surface area (Å²) in [5.74, 6) is -0.284. The highest BCUT2D eigenvalue weighted by Crippen LogP contribution is 2.22. The fourth-order valence-electron chi connectivity index (χ4n) is 0.873. The van der Waals surface area contributed by atoms with Gasteiger partial charge in [-0.05, 0) is 36.4 Å². The highest BCUT2D eigenvalue weighted by atomic mass is 19.4. The normalized spacial score (nSPS) is 10.6. The van der Waals surface area contributed by atoms with Crippen LogP contribution in [0.15, 0.2) is 61.0 Å². The zero-order chi connectivity index (χ0) is 15.8. The molecule has 1 aromatic rings. The smallest absolute Gasteiger partial charge is 0.509 e. The molecule has 5 N–H and O–H groups in total. The molecule has 0 aliphatic carbocycles. The van der Waals surface area contributed by atoms with Crippen LogP contribution in [0.1, 0.15) is 0 Å². The zero-order valence-electron chi connectivity index (χ0n) is 10.5. The van der Waals surface area contributed by atoms with Gasteiger partial charge < -0.3 is 21.3 Å². The molecular formula is C13H15F3N2O2. The van der Waals surface area contributed by atoms with E-state index >= 15 is 0 Å². The third kappa shape index (κ3) is 10.6. The second kappa shape index (κ2) is 7.78. The van der Waals surface area contributed by atoms with Crippen LogP contribution in [-0.4, -0.2) is 11.5 Å². The van der Waals surface area contributed by atoms with Crippen molar-refractivity contribution in [1.82, 2.24) is 0 Å². The van der Waals surface area contributed by atoms with Crippen LogP contribution < -0.4 is 16.2 Å². The Kier molecular flexibility index (Phi) is 6.78. The molecule has 0 radical (unpaired) electrons. The molecule has 0 saturated heterocycles. The topological polar surface area (TPSA) is 81.5 Å². The second-order valence-corrected chi connectivity index (χ2v) is 3.52. The molecule has 20 heavy (non-hydrogen) atoms. The Balaban J connectivity index is 0.000000396. The Morgan fingerprint density at radius 2 is 1.65 bits per heavy atom. The van der Waals surface area contributed by atoms with Crippen LogP contribution in [-0.2, 0) is 0 Å². The summed E-state index contributed by atoms with van der Waals surface area (Å²) in [5.41, 5.74) is 11.2. The third-order valence-electron chi connectivity index (χ3n) is 1.60. The largest absolute Gasteiger partial charge is 0.573 e. The summed E-state index contributed by atoms with van der Waals surface area (Å²) in [6.45, 7) is 6.56. The molecule has 0 bridgehead atoms. The van der Waals surface area contributed by atoms with Crippen molar-refractivity contribution in [3.63, 3.8) is 0 Å². The van der Waals surface area contributed by atoms with Crippen LogP contribution in [0.2, 0.25) is 0 Å². The number of halogens is 3. The van der Waals surface area contributed by atoms with Gasteiger partial charge in [0.05, 0.1) is 0 Å². The van der Waals surface area contributed by atoms with Crippen molar-refractivity contribution in [2.24, 2.45) is 5.73 Å². The predicted octanol–water partition coefficient (Wildman–Crippen LogP) is 3.25. The average Bonchev–Trinajstić information content (AvgIpc) is 2.29. The van der Waals surface area contributed by atoms with Crippen LogP contribution >= 0.6 is 0 Å². The third-order valence-corrected chi connectivity index (χ3v) is 1.60. The molecule has 0 aromatic heterocycles. The molecule has 0 amide bonds. The van der Waals surface area contributed by atoms with E-state index in [9.17, 15) is 13.2 Å². The monoisotopic (exact) mass is 288 g/mol. The molecule has 0 aliphatic rings. The van der Waals surface area contributed by atoms with Crippen molar-refractivity contribution in [2.75, 3.05) is 5.73 Å². The number of nitrogens with two attached hydrogens (primary N) is 2. The number of hydrogen-bond acceptors (Lipinski definition) is 4. The van der Waals surface area contributed by atoms with E-state index in [-0.39, 0.29) is 11.5 Å². The lowest BCUT2D eigenvalue weighted by Crippen LogP contribution is -2.16. The van der Waals surface area contributed by atoms with Gasteiger partial charge in [-0.25, -0.2) is 0 Å². The number of benzene rings is 1. The maximum Gasteiger partial charge on any atom is 0.573 e. The number of anilines is 1. The van der Waals surface area contributed by atoms with E-state index in [4.69, 9.17) is 16.6 Å². The summed E-state index contributed by atoms with van der Waals surface area (Å²) < 4.78 is 38.4. The number of aliphatic hydroxyl groups excluding tert-OH is 1. The predicted molar refractivity (Wildman–Crippen MR) is 71.8 cm³/mol. The van der Waals surface area contributed by atoms with Gasteiger partial charge in [0.1, 0.15) is 11.5 Å². The van der Waals surface area contributed by atoms with E-state index in [0.29, 0.717) is 11.4 Å². The Morgan fingerprint density at radius 1 is 1.15 bits per heavy atom. The highest BCUT2D eigenvalue weighted by molar-refractivity contribution is 5.41. The molecule has 110 valence electrons. The summed E-state index contributed by atoms with van der Waals surface area (Å²) in [6.07, 6.45) is -1.79. The van der Waals surface area contributed by atoms with Gasteiger partial charge in [0.25, 0.3) is 0 Å². The molecule has 0 unspecified atom stereocenters. The molecule has 1 aromatic carbocycles. The summed E-state index contributed by atoms with van der Waals surface area (Å²) in [4.78, 5) is 0. The van der Waals surface area contributed by atoms with Gasteiger partial charge in [0.15, 0.2) is 0 Å². The molecule has 4 nitrogen and oxygen atoms in total. The summed E-state index contributed by atoms with van der Waals surface area (Å²) >= 11 is 0. The van der Waals surface area contributed by atoms with Gasteiger partial charge in [0.2, 0.25) is 0 Å². The number of alkyl halides is 3. The van der Waals surface area contributed by atoms with E-state index in [0.717, 1.165) is 12.1 Å². The lowest BCUT2D eigenvalue weighted by molar-refractivity contribution is -0.274. The second-order valence-electron chi connectivity index (χ2n) is 3.52. The molecule has 0 heterocycles. The van der Waals surface area contributed by atoms with Crippen LogP contribution in [0.5, 0.6) is 5.75 Å². The number of ether oxygens (including phenoxy) is 1. The molecule has 0 saturated carbocycles. The Morgan fingerprint density at radius 3 is 1.95 bits per heavy atom. The summed E-state index contributed by atoms with van der Waals surface area (Å²) in [5, 5.41) is 8.42. The van der Waals surface area contributed by atoms with Crippen molar-refractivity contribution >= 4 is 5.69 Å². The first-order chi connectivity index (χ1) is 9.10. The van der Waals surface area contributed by atoms with E-state index in [1.807, 2.05) is 0 Å². The van der Waals surface area contributed by atoms with E-state index in [2.05, 4.69) is 17.9 Å². The van der Waals surface area contributed by atoms with Crippen LogP contribution in [0.25, 0.3) is 0 Å². The number of hydrogen-bond donors (Lipinski definition) is 3. The van der Waals surface area contributed by atoms with Crippen LogP contribution in [0, 0.1) is 0 Å². The number of rotatable bonds is 3. The number of nitrogen functional groups attached to an aromatic ring is 1. The number of aliphatic hydroxyl groups is 1. The molecule has 0 spiro atoms. The van der Waals surface area contributed by atoms with Crippen molar-refractivity contribution in [1.29, 1.82) is 0 Å². The van der Waals surface area contributed by atoms with Gasteiger partial charge in [-0.3, -0.25) is 0 Å². The quantitative estimate of drug-likeness (QED) is 0.453. The molecule has 0 fully saturated rings. The molecule has 0 aliphatic heterocycles. The van der Waals surface area contributed by atoms with E-state index in [1.54, 1.807) is 0 Å². The highest BCUT2D eigenvalue weighted by Gasteiger charge is 2.30. The fraction of sp³-hybridized carbons (Fsp3) is 0.0769. The average molecular weight is 288 g/mol. The lowest BCUT2D eigenvalue weighted by atomic mass is 10.3. The van der Waals surface area contributed by atoms with Crippen molar-refractivity contribution in [2.45, 2.75) is 6.36 Å². The van der Waals surface area contributed by atoms with Gasteiger partial charge >= 0.3 is 6.36 Å². The SMILES string of the molecule is C=C(N)/C=C\C(=C)O.Nc1ccc(OC(F)(F)F)cc1. The van der Waals surface area contributed by atoms with Gasteiger partial charge in [0, 0.05) is 11.4 Å². The zero-order valence-corrected chi connectivity index (χ0v) is 10.5. The minimum absolute atomic E-state index is 0.0170. The Bertz CT molecular complexity index is 463. The van der Waals surface area contributed by atoms with Crippen molar-refractivity contribution < 1.29 is 23.0 Å². The van der Waals surface area contributed by atoms with Crippen molar-refractivity contribution in [3.05, 3.63) is 61.0 Å². The number of allylic oxidation sites excluding steroid dienone is 2. The van der Waals surface area contributed by atoms with E-state index in [1.165, 1.54) is 24.3 Å². The first kappa shape index (κ1) is 17.4. The molecule has 1 rings (SSSR count). The molecule has 0 atom stereocenters. The Labute approximate surface area is 114 Å². The fourth-order valence-corrected chi connectivity index (χ4v) is 0.873. The maximum absolute atomic E-state index is 11.6. The van der Waals surface area contributed by atoms with Crippen molar-refractivity contribution in [3.8, 4) is 5.75 Å². The minimum atomic E-state index is -4.64. The Hall–Kier alpha value is -2.57. The maximum atomic E-state index is 11.6. The lowest BCUT2D eigenvalue weighted by Gasteiger charge is -2.07. The first-order valence-corrected chi connectivity index (χ1v) is 5.22. The first-order valence-electron chi connectivity index (χ1n) is 5.22. The van der Waals surface area contributed by atoms with Gasteiger partial charge in [-0.2, -0.15) is 0 Å². The summed E-state index contributed by atoms with van der Waals surface area (Å²) in [6, 6.07) is 4.98. The standard InChI is InChI=1S/C7H6F3NO.C6H9NO/c8-7(9,10)12-6-3-1-5(11)2-4-6;1-5(7)3-4-6(2)8/h1-4H,11H2;3-4,8H,1-2,7H2/b;4-3-. The van der Waals surface area contributed by atoms with Gasteiger partial charge in [-0.15, -0.1) is 13.2 Å². The van der Waals surface area contributed by atoms with E-state index < -0.39 is 6.36 Å². The van der Waals surface area contributed by atoms with Crippen LogP contribution in [0.3, 0.4) is 0 Å². The van der Waals surface area contributed by atoms with Gasteiger partial charge in [-0.1, -0.05) is 13.2 Å². The molecular weight excluding hydrogens is 273 g/mol. The minimum Gasteiger partial charge on any atom is -0.509 e. The molecule has 7 heteroatoms.